The predicted molar refractivity (Wildman–Crippen MR) is 99.4 cm³/mol. The lowest BCUT2D eigenvalue weighted by Crippen LogP contribution is -2.41. The number of nitrogens with one attached hydrogen (secondary N) is 2. The van der Waals surface area contributed by atoms with E-state index in [1.54, 1.807) is 12.1 Å². The van der Waals surface area contributed by atoms with Gasteiger partial charge in [0.05, 0.1) is 14.9 Å². The number of rotatable bonds is 4. The maximum absolute atomic E-state index is 12.2. The summed E-state index contributed by atoms with van der Waals surface area (Å²) in [4.78, 5) is 14.0. The summed E-state index contributed by atoms with van der Waals surface area (Å²) in [5.74, 6) is -0.566. The highest BCUT2D eigenvalue weighted by Crippen LogP contribution is 2.24. The fourth-order valence-corrected chi connectivity index (χ4v) is 3.24. The second-order valence-corrected chi connectivity index (χ2v) is 8.96. The van der Waals surface area contributed by atoms with E-state index in [9.17, 15) is 13.2 Å². The van der Waals surface area contributed by atoms with Crippen LogP contribution in [0.3, 0.4) is 0 Å². The number of hydrogen-bond donors (Lipinski definition) is 2. The number of benzene rings is 2. The third kappa shape index (κ3) is 4.95. The van der Waals surface area contributed by atoms with Crippen LogP contribution in [-0.4, -0.2) is 14.3 Å². The van der Waals surface area contributed by atoms with Crippen molar-refractivity contribution in [3.8, 4) is 0 Å². The number of carbonyl (C=O) groups excluding carboxylic acids is 1. The molecule has 5 nitrogen and oxygen atoms in total. The van der Waals surface area contributed by atoms with Gasteiger partial charge in [-0.15, -0.1) is 4.83 Å². The molecule has 0 aliphatic heterocycles. The zero-order chi connectivity index (χ0) is 18.8. The maximum atomic E-state index is 12.2. The van der Waals surface area contributed by atoms with E-state index in [0.717, 1.165) is 5.56 Å². The molecule has 2 N–H and O–H groups in total. The second kappa shape index (κ2) is 7.33. The normalized spacial score (nSPS) is 12.0. The molecule has 0 bridgehead atoms. The minimum atomic E-state index is -3.96. The predicted octanol–water partition coefficient (Wildman–Crippen LogP) is 3.91. The van der Waals surface area contributed by atoms with Crippen LogP contribution in [0.4, 0.5) is 0 Å². The maximum Gasteiger partial charge on any atom is 0.266 e. The van der Waals surface area contributed by atoms with Crippen molar-refractivity contribution in [1.82, 2.24) is 10.3 Å². The van der Waals surface area contributed by atoms with Crippen molar-refractivity contribution in [3.63, 3.8) is 0 Å². The Bertz CT molecular complexity index is 889. The van der Waals surface area contributed by atoms with E-state index in [4.69, 9.17) is 23.2 Å². The van der Waals surface area contributed by atoms with Gasteiger partial charge in [0.1, 0.15) is 0 Å². The fourth-order valence-electron chi connectivity index (χ4n) is 2.01. The molecule has 2 aromatic rings. The molecule has 0 saturated heterocycles. The molecule has 134 valence electrons. The van der Waals surface area contributed by atoms with Crippen LogP contribution in [0.2, 0.25) is 10.0 Å². The summed E-state index contributed by atoms with van der Waals surface area (Å²) in [6.07, 6.45) is 0. The summed E-state index contributed by atoms with van der Waals surface area (Å²) in [7, 11) is -3.96. The largest absolute Gasteiger partial charge is 0.273 e. The Balaban J connectivity index is 2.09. The fraction of sp³-hybridized carbons (Fsp3) is 0.235. The summed E-state index contributed by atoms with van der Waals surface area (Å²) in [6, 6.07) is 10.8. The monoisotopic (exact) mass is 400 g/mol. The Morgan fingerprint density at radius 2 is 1.56 bits per heavy atom. The minimum Gasteiger partial charge on any atom is -0.273 e. The zero-order valence-corrected chi connectivity index (χ0v) is 16.3. The standard InChI is InChI=1S/C17H18Cl2N2O3S/c1-17(2,3)12-6-4-11(5-7-12)16(22)20-21-25(23,24)13-8-9-14(18)15(19)10-13/h4-10,21H,1-3H3,(H,20,22). The first-order valence-corrected chi connectivity index (χ1v) is 9.62. The summed E-state index contributed by atoms with van der Waals surface area (Å²) >= 11 is 11.6. The van der Waals surface area contributed by atoms with E-state index in [1.807, 2.05) is 17.0 Å². The first-order chi connectivity index (χ1) is 11.5. The van der Waals surface area contributed by atoms with Gasteiger partial charge >= 0.3 is 0 Å². The highest BCUT2D eigenvalue weighted by atomic mass is 35.5. The van der Waals surface area contributed by atoms with E-state index in [2.05, 4.69) is 26.2 Å². The molecular formula is C17H18Cl2N2O3S. The number of carbonyl (C=O) groups is 1. The third-order valence-corrected chi connectivity index (χ3v) is 5.50. The molecule has 2 rings (SSSR count). The highest BCUT2D eigenvalue weighted by Gasteiger charge is 2.18. The number of hydrazine groups is 1. The zero-order valence-electron chi connectivity index (χ0n) is 13.9. The highest BCUT2D eigenvalue weighted by molar-refractivity contribution is 7.89. The molecule has 0 unspecified atom stereocenters. The average molecular weight is 401 g/mol. The van der Waals surface area contributed by atoms with Crippen LogP contribution < -0.4 is 10.3 Å². The first-order valence-electron chi connectivity index (χ1n) is 7.38. The van der Waals surface area contributed by atoms with Crippen LogP contribution >= 0.6 is 23.2 Å². The Morgan fingerprint density at radius 3 is 2.08 bits per heavy atom. The lowest BCUT2D eigenvalue weighted by molar-refractivity contribution is 0.0945. The lowest BCUT2D eigenvalue weighted by Gasteiger charge is -2.19. The van der Waals surface area contributed by atoms with Crippen molar-refractivity contribution in [2.45, 2.75) is 31.1 Å². The van der Waals surface area contributed by atoms with Crippen molar-refractivity contribution in [2.75, 3.05) is 0 Å². The van der Waals surface area contributed by atoms with Gasteiger partial charge in [-0.1, -0.05) is 56.1 Å². The van der Waals surface area contributed by atoms with E-state index >= 15 is 0 Å². The topological polar surface area (TPSA) is 75.3 Å². The van der Waals surface area contributed by atoms with Gasteiger partial charge in [-0.3, -0.25) is 10.2 Å². The Kier molecular flexibility index (Phi) is 5.79. The van der Waals surface area contributed by atoms with E-state index < -0.39 is 15.9 Å². The van der Waals surface area contributed by atoms with Crippen molar-refractivity contribution < 1.29 is 13.2 Å². The van der Waals surface area contributed by atoms with Crippen molar-refractivity contribution in [2.24, 2.45) is 0 Å². The third-order valence-electron chi connectivity index (χ3n) is 3.51. The Morgan fingerprint density at radius 1 is 0.960 bits per heavy atom. The summed E-state index contributed by atoms with van der Waals surface area (Å²) in [5.41, 5.74) is 3.55. The van der Waals surface area contributed by atoms with Gasteiger partial charge in [0.15, 0.2) is 0 Å². The van der Waals surface area contributed by atoms with Gasteiger partial charge < -0.3 is 0 Å². The Hall–Kier alpha value is -1.60. The van der Waals surface area contributed by atoms with Crippen molar-refractivity contribution in [1.29, 1.82) is 0 Å². The lowest BCUT2D eigenvalue weighted by atomic mass is 9.87. The van der Waals surface area contributed by atoms with Gasteiger partial charge in [0.2, 0.25) is 0 Å². The average Bonchev–Trinajstić information content (AvgIpc) is 2.54. The van der Waals surface area contributed by atoms with Crippen molar-refractivity contribution in [3.05, 3.63) is 63.6 Å². The SMILES string of the molecule is CC(C)(C)c1ccc(C(=O)NNS(=O)(=O)c2ccc(Cl)c(Cl)c2)cc1. The molecule has 0 radical (unpaired) electrons. The van der Waals surface area contributed by atoms with E-state index in [-0.39, 0.29) is 20.4 Å². The van der Waals surface area contributed by atoms with Crippen LogP contribution in [0.15, 0.2) is 47.4 Å². The van der Waals surface area contributed by atoms with Gasteiger partial charge in [0.25, 0.3) is 15.9 Å². The first kappa shape index (κ1) is 19.7. The molecule has 0 saturated carbocycles. The van der Waals surface area contributed by atoms with E-state index in [1.165, 1.54) is 18.2 Å². The van der Waals surface area contributed by atoms with Gasteiger partial charge in [-0.25, -0.2) is 8.42 Å². The summed E-state index contributed by atoms with van der Waals surface area (Å²) in [5, 5.41) is 0.345. The molecule has 1 amide bonds. The molecule has 0 aromatic heterocycles. The minimum absolute atomic E-state index is 0.0373. The molecule has 0 fully saturated rings. The van der Waals surface area contributed by atoms with Gasteiger partial charge in [-0.2, -0.15) is 0 Å². The van der Waals surface area contributed by atoms with Crippen LogP contribution in [0.1, 0.15) is 36.7 Å². The molecule has 0 heterocycles. The van der Waals surface area contributed by atoms with Crippen LogP contribution in [0, 0.1) is 0 Å². The molecule has 0 atom stereocenters. The number of amides is 1. The molecule has 0 spiro atoms. The van der Waals surface area contributed by atoms with Crippen molar-refractivity contribution >= 4 is 39.1 Å². The quantitative estimate of drug-likeness (QED) is 0.763. The van der Waals surface area contributed by atoms with E-state index in [0.29, 0.717) is 5.56 Å². The summed E-state index contributed by atoms with van der Waals surface area (Å²) < 4.78 is 24.4. The molecular weight excluding hydrogens is 383 g/mol. The summed E-state index contributed by atoms with van der Waals surface area (Å²) in [6.45, 7) is 6.19. The van der Waals surface area contributed by atoms with Crippen LogP contribution in [0.25, 0.3) is 0 Å². The van der Waals surface area contributed by atoms with Gasteiger partial charge in [0, 0.05) is 5.56 Å². The number of sulfonamides is 1. The van der Waals surface area contributed by atoms with Crippen LogP contribution in [-0.2, 0) is 15.4 Å². The molecule has 0 aliphatic rings. The number of hydrogen-bond acceptors (Lipinski definition) is 3. The molecule has 0 aliphatic carbocycles. The second-order valence-electron chi connectivity index (χ2n) is 6.46. The number of halogens is 2. The molecule has 2 aromatic carbocycles. The van der Waals surface area contributed by atoms with Gasteiger partial charge in [-0.05, 0) is 41.3 Å². The molecule has 25 heavy (non-hydrogen) atoms. The Labute approximate surface area is 157 Å². The smallest absolute Gasteiger partial charge is 0.266 e. The molecule has 8 heteroatoms. The van der Waals surface area contributed by atoms with Crippen LogP contribution in [0.5, 0.6) is 0 Å².